The van der Waals surface area contributed by atoms with Crippen molar-refractivity contribution in [2.24, 2.45) is 0 Å². The van der Waals surface area contributed by atoms with Crippen LogP contribution in [0.25, 0.3) is 11.2 Å². The number of fused-ring (bicyclic) bond motifs is 1. The number of anilines is 2. The quantitative estimate of drug-likeness (QED) is 0.885. The van der Waals surface area contributed by atoms with Gasteiger partial charge < -0.3 is 20.5 Å². The van der Waals surface area contributed by atoms with Crippen LogP contribution in [0.3, 0.4) is 0 Å². The van der Waals surface area contributed by atoms with Crippen molar-refractivity contribution in [2.75, 3.05) is 17.7 Å². The molecule has 2 aromatic heterocycles. The molecular weight excluding hydrogens is 284 g/mol. The molecule has 3 N–H and O–H groups in total. The average molecular weight is 304 g/mol. The second-order valence-electron chi connectivity index (χ2n) is 5.79. The molecule has 2 aliphatic rings. The standard InChI is InChI=1S/C14H20N6O2/c1-2-10-21-6-9(22-10)20-7-16-11-12(17-8-4-3-5-8)18-14(15)19-13(11)20/h7-10H,2-6H2,1H3,(H3,15,17,18,19). The van der Waals surface area contributed by atoms with Crippen molar-refractivity contribution in [1.82, 2.24) is 19.5 Å². The summed E-state index contributed by atoms with van der Waals surface area (Å²) < 4.78 is 13.3. The number of nitrogen functional groups attached to an aromatic ring is 1. The van der Waals surface area contributed by atoms with E-state index < -0.39 is 0 Å². The molecule has 2 fully saturated rings. The topological polar surface area (TPSA) is 100 Å². The molecule has 2 atom stereocenters. The highest BCUT2D eigenvalue weighted by atomic mass is 16.7. The highest BCUT2D eigenvalue weighted by Crippen LogP contribution is 2.30. The maximum atomic E-state index is 5.86. The molecule has 22 heavy (non-hydrogen) atoms. The van der Waals surface area contributed by atoms with Crippen molar-refractivity contribution in [3.63, 3.8) is 0 Å². The molecule has 1 aliphatic heterocycles. The van der Waals surface area contributed by atoms with Crippen molar-refractivity contribution < 1.29 is 9.47 Å². The molecule has 0 bridgehead atoms. The minimum Gasteiger partial charge on any atom is -0.368 e. The predicted octanol–water partition coefficient (Wildman–Crippen LogP) is 1.65. The zero-order valence-corrected chi connectivity index (χ0v) is 12.5. The lowest BCUT2D eigenvalue weighted by Crippen LogP contribution is -2.27. The summed E-state index contributed by atoms with van der Waals surface area (Å²) in [7, 11) is 0. The highest BCUT2D eigenvalue weighted by molar-refractivity contribution is 5.84. The zero-order valence-electron chi connectivity index (χ0n) is 12.5. The lowest BCUT2D eigenvalue weighted by Gasteiger charge is -2.26. The molecule has 3 heterocycles. The summed E-state index contributed by atoms with van der Waals surface area (Å²) >= 11 is 0. The fourth-order valence-electron chi connectivity index (χ4n) is 2.79. The summed E-state index contributed by atoms with van der Waals surface area (Å²) in [4.78, 5) is 13.1. The van der Waals surface area contributed by atoms with Crippen LogP contribution in [0.5, 0.6) is 0 Å². The SMILES string of the molecule is CCC1OCC(n2cnc3c(NC4CCC4)nc(N)nc32)O1. The van der Waals surface area contributed by atoms with Crippen LogP contribution in [0.2, 0.25) is 0 Å². The summed E-state index contributed by atoms with van der Waals surface area (Å²) in [6.45, 7) is 2.51. The smallest absolute Gasteiger partial charge is 0.224 e. The minimum atomic E-state index is -0.221. The maximum Gasteiger partial charge on any atom is 0.224 e. The second kappa shape index (κ2) is 5.36. The first-order chi connectivity index (χ1) is 10.7. The van der Waals surface area contributed by atoms with Gasteiger partial charge in [0.15, 0.2) is 29.5 Å². The normalized spacial score (nSPS) is 25.5. The van der Waals surface area contributed by atoms with Crippen LogP contribution in [0.4, 0.5) is 11.8 Å². The van der Waals surface area contributed by atoms with Crippen molar-refractivity contribution in [2.45, 2.75) is 51.2 Å². The number of aromatic nitrogens is 4. The van der Waals surface area contributed by atoms with Gasteiger partial charge in [-0.25, -0.2) is 4.98 Å². The van der Waals surface area contributed by atoms with E-state index in [9.17, 15) is 0 Å². The zero-order chi connectivity index (χ0) is 15.1. The van der Waals surface area contributed by atoms with Crippen LogP contribution >= 0.6 is 0 Å². The van der Waals surface area contributed by atoms with Crippen LogP contribution in [0.15, 0.2) is 6.33 Å². The third-order valence-corrected chi connectivity index (χ3v) is 4.26. The molecule has 0 radical (unpaired) electrons. The van der Waals surface area contributed by atoms with E-state index in [1.54, 1.807) is 6.33 Å². The summed E-state index contributed by atoms with van der Waals surface area (Å²) in [5.74, 6) is 0.943. The molecule has 1 aliphatic carbocycles. The Bertz CT molecular complexity index is 683. The van der Waals surface area contributed by atoms with E-state index in [1.807, 2.05) is 11.5 Å². The van der Waals surface area contributed by atoms with Crippen molar-refractivity contribution in [1.29, 1.82) is 0 Å². The molecular formula is C14H20N6O2. The largest absolute Gasteiger partial charge is 0.368 e. The number of nitrogens with two attached hydrogens (primary N) is 1. The van der Waals surface area contributed by atoms with Crippen LogP contribution < -0.4 is 11.1 Å². The van der Waals surface area contributed by atoms with Gasteiger partial charge in [-0.05, 0) is 25.7 Å². The Morgan fingerprint density at radius 3 is 2.95 bits per heavy atom. The molecule has 8 heteroatoms. The molecule has 1 saturated heterocycles. The minimum absolute atomic E-state index is 0.172. The van der Waals surface area contributed by atoms with Gasteiger partial charge in [-0.3, -0.25) is 4.57 Å². The summed E-state index contributed by atoms with van der Waals surface area (Å²) in [6, 6.07) is 0.457. The molecule has 118 valence electrons. The third kappa shape index (κ3) is 2.28. The third-order valence-electron chi connectivity index (χ3n) is 4.26. The number of nitrogens with zero attached hydrogens (tertiary/aromatic N) is 4. The van der Waals surface area contributed by atoms with E-state index in [0.717, 1.165) is 24.8 Å². The Balaban J connectivity index is 1.68. The van der Waals surface area contributed by atoms with Crippen molar-refractivity contribution >= 4 is 22.9 Å². The lowest BCUT2D eigenvalue weighted by molar-refractivity contribution is -0.0715. The first-order valence-corrected chi connectivity index (χ1v) is 7.78. The summed E-state index contributed by atoms with van der Waals surface area (Å²) in [5.41, 5.74) is 7.27. The van der Waals surface area contributed by atoms with Gasteiger partial charge in [-0.1, -0.05) is 6.92 Å². The molecule has 2 aromatic rings. The van der Waals surface area contributed by atoms with Gasteiger partial charge in [0.1, 0.15) is 0 Å². The number of ether oxygens (including phenoxy) is 2. The average Bonchev–Trinajstić information content (AvgIpc) is 3.08. The van der Waals surface area contributed by atoms with E-state index in [0.29, 0.717) is 24.1 Å². The summed E-state index contributed by atoms with van der Waals surface area (Å²) in [5, 5.41) is 3.41. The molecule has 1 saturated carbocycles. The molecule has 0 aromatic carbocycles. The molecule has 0 amide bonds. The Kier molecular flexibility index (Phi) is 3.34. The maximum absolute atomic E-state index is 5.86. The van der Waals surface area contributed by atoms with E-state index in [4.69, 9.17) is 15.2 Å². The molecule has 4 rings (SSSR count). The summed E-state index contributed by atoms with van der Waals surface area (Å²) in [6.07, 6.45) is 5.70. The lowest BCUT2D eigenvalue weighted by atomic mass is 9.93. The fourth-order valence-corrected chi connectivity index (χ4v) is 2.79. The fraction of sp³-hybridized carbons (Fsp3) is 0.643. The Morgan fingerprint density at radius 1 is 1.41 bits per heavy atom. The van der Waals surface area contributed by atoms with Crippen LogP contribution in [-0.2, 0) is 9.47 Å². The van der Waals surface area contributed by atoms with Crippen LogP contribution in [0.1, 0.15) is 38.8 Å². The number of hydrogen-bond acceptors (Lipinski definition) is 7. The monoisotopic (exact) mass is 304 g/mol. The van der Waals surface area contributed by atoms with Gasteiger partial charge in [-0.15, -0.1) is 0 Å². The van der Waals surface area contributed by atoms with Gasteiger partial charge in [0.05, 0.1) is 12.9 Å². The molecule has 8 nitrogen and oxygen atoms in total. The number of nitrogens with one attached hydrogen (secondary N) is 1. The van der Waals surface area contributed by atoms with Gasteiger partial charge in [0, 0.05) is 6.04 Å². The van der Waals surface area contributed by atoms with Gasteiger partial charge in [-0.2, -0.15) is 9.97 Å². The van der Waals surface area contributed by atoms with Gasteiger partial charge >= 0.3 is 0 Å². The van der Waals surface area contributed by atoms with Gasteiger partial charge in [0.25, 0.3) is 0 Å². The second-order valence-corrected chi connectivity index (χ2v) is 5.79. The molecule has 2 unspecified atom stereocenters. The van der Waals surface area contributed by atoms with E-state index >= 15 is 0 Å². The van der Waals surface area contributed by atoms with E-state index in [1.165, 1.54) is 6.42 Å². The molecule has 0 spiro atoms. The van der Waals surface area contributed by atoms with Crippen LogP contribution in [-0.4, -0.2) is 38.5 Å². The van der Waals surface area contributed by atoms with E-state index in [-0.39, 0.29) is 18.5 Å². The Hall–Kier alpha value is -1.93. The van der Waals surface area contributed by atoms with Crippen molar-refractivity contribution in [3.05, 3.63) is 6.33 Å². The number of rotatable bonds is 4. The first kappa shape index (κ1) is 13.7. The predicted molar refractivity (Wildman–Crippen MR) is 81.2 cm³/mol. The number of hydrogen-bond donors (Lipinski definition) is 2. The Labute approximate surface area is 128 Å². The van der Waals surface area contributed by atoms with Crippen molar-refractivity contribution in [3.8, 4) is 0 Å². The highest BCUT2D eigenvalue weighted by Gasteiger charge is 2.28. The first-order valence-electron chi connectivity index (χ1n) is 7.78. The van der Waals surface area contributed by atoms with Crippen LogP contribution in [0, 0.1) is 0 Å². The van der Waals surface area contributed by atoms with Gasteiger partial charge in [0.2, 0.25) is 5.95 Å². The Morgan fingerprint density at radius 2 is 2.27 bits per heavy atom. The number of imidazole rings is 1. The van der Waals surface area contributed by atoms with E-state index in [2.05, 4.69) is 20.3 Å².